The molecule has 1 aromatic rings. The molecule has 0 radical (unpaired) electrons. The van der Waals surface area contributed by atoms with Gasteiger partial charge in [0.15, 0.2) is 0 Å². The van der Waals surface area contributed by atoms with Crippen LogP contribution in [0.1, 0.15) is 30.7 Å². The monoisotopic (exact) mass is 409 g/mol. The topological polar surface area (TPSA) is 128 Å². The van der Waals surface area contributed by atoms with Crippen molar-refractivity contribution in [1.29, 1.82) is 0 Å². The number of nitrogens with one attached hydrogen (secondary N) is 2. The standard InChI is InChI=1S/C19H31N5O5/c1-20-18(26)6-10-28-11-7-21-19(27)29-12-15-13-2-4-16-17(5-3-14(13)15)24(8-9-25)23-22-16/h13-15,25H,2-12H2,1H3,(H,20,26)(H,21,27). The normalized spacial score (nSPS) is 22.6. The van der Waals surface area contributed by atoms with Gasteiger partial charge in [-0.3, -0.25) is 4.79 Å². The summed E-state index contributed by atoms with van der Waals surface area (Å²) >= 11 is 0. The van der Waals surface area contributed by atoms with Crippen molar-refractivity contribution >= 4 is 12.0 Å². The molecule has 3 rings (SSSR count). The van der Waals surface area contributed by atoms with E-state index < -0.39 is 6.09 Å². The van der Waals surface area contributed by atoms with Gasteiger partial charge in [0.05, 0.1) is 44.4 Å². The fourth-order valence-corrected chi connectivity index (χ4v) is 4.19. The van der Waals surface area contributed by atoms with Crippen LogP contribution < -0.4 is 10.6 Å². The Morgan fingerprint density at radius 2 is 2.03 bits per heavy atom. The molecule has 3 atom stereocenters. The molecule has 1 heterocycles. The molecule has 2 amide bonds. The number of hydrogen-bond donors (Lipinski definition) is 3. The molecule has 0 aromatic carbocycles. The lowest BCUT2D eigenvalue weighted by Crippen LogP contribution is -2.29. The maximum absolute atomic E-state index is 11.9. The summed E-state index contributed by atoms with van der Waals surface area (Å²) in [5, 5.41) is 22.8. The van der Waals surface area contributed by atoms with Crippen molar-refractivity contribution in [3.05, 3.63) is 11.4 Å². The summed E-state index contributed by atoms with van der Waals surface area (Å²) < 4.78 is 12.5. The number of fused-ring (bicyclic) bond motifs is 2. The van der Waals surface area contributed by atoms with E-state index in [-0.39, 0.29) is 12.5 Å². The van der Waals surface area contributed by atoms with Gasteiger partial charge in [0.1, 0.15) is 0 Å². The Morgan fingerprint density at radius 3 is 2.79 bits per heavy atom. The summed E-state index contributed by atoms with van der Waals surface area (Å²) in [7, 11) is 1.58. The molecule has 10 nitrogen and oxygen atoms in total. The van der Waals surface area contributed by atoms with Gasteiger partial charge in [-0.2, -0.15) is 0 Å². The van der Waals surface area contributed by atoms with Gasteiger partial charge in [-0.1, -0.05) is 5.21 Å². The molecule has 1 saturated carbocycles. The van der Waals surface area contributed by atoms with E-state index in [1.807, 2.05) is 4.68 Å². The van der Waals surface area contributed by atoms with Crippen LogP contribution >= 0.6 is 0 Å². The van der Waals surface area contributed by atoms with Crippen LogP contribution in [0, 0.1) is 17.8 Å². The maximum Gasteiger partial charge on any atom is 0.407 e. The average molecular weight is 409 g/mol. The van der Waals surface area contributed by atoms with Crippen LogP contribution in [-0.2, 0) is 33.7 Å². The first-order chi connectivity index (χ1) is 14.1. The first-order valence-electron chi connectivity index (χ1n) is 10.3. The van der Waals surface area contributed by atoms with Gasteiger partial charge in [-0.15, -0.1) is 5.10 Å². The zero-order chi connectivity index (χ0) is 20.6. The van der Waals surface area contributed by atoms with E-state index in [9.17, 15) is 9.59 Å². The molecule has 1 fully saturated rings. The van der Waals surface area contributed by atoms with Crippen LogP contribution in [0.15, 0.2) is 0 Å². The second kappa shape index (κ2) is 10.5. The van der Waals surface area contributed by atoms with E-state index in [1.54, 1.807) is 7.05 Å². The Balaban J connectivity index is 1.31. The number of alkyl carbamates (subject to hydrolysis) is 1. The van der Waals surface area contributed by atoms with E-state index in [4.69, 9.17) is 14.6 Å². The van der Waals surface area contributed by atoms with E-state index in [1.165, 1.54) is 0 Å². The van der Waals surface area contributed by atoms with Gasteiger partial charge in [0, 0.05) is 20.0 Å². The number of aliphatic hydroxyl groups excluding tert-OH is 1. The quantitative estimate of drug-likeness (QED) is 0.460. The molecule has 0 saturated heterocycles. The third-order valence-electron chi connectivity index (χ3n) is 5.84. The molecule has 29 heavy (non-hydrogen) atoms. The number of carbonyl (C=O) groups is 2. The number of rotatable bonds is 10. The van der Waals surface area contributed by atoms with Crippen LogP contribution in [0.5, 0.6) is 0 Å². The Bertz CT molecular complexity index is 695. The lowest BCUT2D eigenvalue weighted by Gasteiger charge is -2.09. The molecule has 3 unspecified atom stereocenters. The molecule has 2 aliphatic rings. The second-order valence-corrected chi connectivity index (χ2v) is 7.56. The van der Waals surface area contributed by atoms with Crippen molar-refractivity contribution in [3.8, 4) is 0 Å². The number of ether oxygens (including phenoxy) is 2. The third kappa shape index (κ3) is 5.89. The smallest absolute Gasteiger partial charge is 0.407 e. The Morgan fingerprint density at radius 1 is 1.24 bits per heavy atom. The first kappa shape index (κ1) is 21.5. The highest BCUT2D eigenvalue weighted by Crippen LogP contribution is 2.52. The predicted octanol–water partition coefficient (Wildman–Crippen LogP) is -0.110. The fourth-order valence-electron chi connectivity index (χ4n) is 4.19. The number of nitrogens with zero attached hydrogens (tertiary/aromatic N) is 3. The van der Waals surface area contributed by atoms with Crippen LogP contribution in [0.25, 0.3) is 0 Å². The minimum atomic E-state index is -0.428. The van der Waals surface area contributed by atoms with E-state index >= 15 is 0 Å². The molecular formula is C19H31N5O5. The summed E-state index contributed by atoms with van der Waals surface area (Å²) in [6.07, 6.45) is 3.73. The number of hydrogen-bond acceptors (Lipinski definition) is 7. The summed E-state index contributed by atoms with van der Waals surface area (Å²) in [4.78, 5) is 22.9. The van der Waals surface area contributed by atoms with Crippen LogP contribution in [0.4, 0.5) is 4.79 Å². The lowest BCUT2D eigenvalue weighted by atomic mass is 10.0. The average Bonchev–Trinajstić information content (AvgIpc) is 3.22. The van der Waals surface area contributed by atoms with Crippen molar-refractivity contribution in [2.24, 2.45) is 17.8 Å². The SMILES string of the molecule is CNC(=O)CCOCCNC(=O)OCC1C2CCc3nnn(CCO)c3CCC21. The van der Waals surface area contributed by atoms with Gasteiger partial charge in [-0.25, -0.2) is 9.48 Å². The molecule has 0 spiro atoms. The molecule has 0 bridgehead atoms. The largest absolute Gasteiger partial charge is 0.449 e. The van der Waals surface area contributed by atoms with E-state index in [0.29, 0.717) is 57.1 Å². The minimum Gasteiger partial charge on any atom is -0.449 e. The van der Waals surface area contributed by atoms with E-state index in [0.717, 1.165) is 37.1 Å². The van der Waals surface area contributed by atoms with Gasteiger partial charge >= 0.3 is 6.09 Å². The van der Waals surface area contributed by atoms with Crippen LogP contribution in [-0.4, -0.2) is 72.1 Å². The number of carbonyl (C=O) groups excluding carboxylic acids is 2. The fraction of sp³-hybridized carbons (Fsp3) is 0.789. The van der Waals surface area contributed by atoms with E-state index in [2.05, 4.69) is 20.9 Å². The highest BCUT2D eigenvalue weighted by Gasteiger charge is 2.50. The highest BCUT2D eigenvalue weighted by atomic mass is 16.5. The lowest BCUT2D eigenvalue weighted by molar-refractivity contribution is -0.121. The zero-order valence-electron chi connectivity index (χ0n) is 16.9. The van der Waals surface area contributed by atoms with Crippen molar-refractivity contribution in [2.45, 2.75) is 38.6 Å². The Hall–Kier alpha value is -2.20. The molecule has 1 aromatic heterocycles. The first-order valence-corrected chi connectivity index (χ1v) is 10.3. The predicted molar refractivity (Wildman–Crippen MR) is 103 cm³/mol. The molecule has 2 aliphatic carbocycles. The summed E-state index contributed by atoms with van der Waals surface area (Å²) in [5.74, 6) is 1.49. The van der Waals surface area contributed by atoms with Crippen molar-refractivity contribution < 1.29 is 24.2 Å². The van der Waals surface area contributed by atoms with Gasteiger partial charge in [0.25, 0.3) is 0 Å². The molecule has 162 valence electrons. The minimum absolute atomic E-state index is 0.0620. The Kier molecular flexibility index (Phi) is 7.82. The van der Waals surface area contributed by atoms with Crippen molar-refractivity contribution in [3.63, 3.8) is 0 Å². The summed E-state index contributed by atoms with van der Waals surface area (Å²) in [6, 6.07) is 0. The van der Waals surface area contributed by atoms with Gasteiger partial charge < -0.3 is 25.2 Å². The Labute approximate surface area is 170 Å². The summed E-state index contributed by atoms with van der Waals surface area (Å²) in [5.41, 5.74) is 2.18. The van der Waals surface area contributed by atoms with Crippen molar-refractivity contribution in [1.82, 2.24) is 25.6 Å². The zero-order valence-corrected chi connectivity index (χ0v) is 16.9. The number of aliphatic hydroxyl groups is 1. The third-order valence-corrected chi connectivity index (χ3v) is 5.84. The highest BCUT2D eigenvalue weighted by molar-refractivity contribution is 5.75. The number of aryl methyl sites for hydroxylation is 1. The molecular weight excluding hydrogens is 378 g/mol. The number of aromatic nitrogens is 3. The van der Waals surface area contributed by atoms with Crippen LogP contribution in [0.3, 0.4) is 0 Å². The second-order valence-electron chi connectivity index (χ2n) is 7.56. The molecule has 10 heteroatoms. The summed E-state index contributed by atoms with van der Waals surface area (Å²) in [6.45, 7) is 2.01. The molecule has 3 N–H and O–H groups in total. The molecule has 0 aliphatic heterocycles. The maximum atomic E-state index is 11.9. The van der Waals surface area contributed by atoms with Crippen LogP contribution in [0.2, 0.25) is 0 Å². The van der Waals surface area contributed by atoms with Gasteiger partial charge in [-0.05, 0) is 43.4 Å². The number of amides is 2. The van der Waals surface area contributed by atoms with Gasteiger partial charge in [0.2, 0.25) is 5.91 Å². The van der Waals surface area contributed by atoms with Crippen molar-refractivity contribution in [2.75, 3.05) is 40.0 Å².